The van der Waals surface area contributed by atoms with Gasteiger partial charge in [0.2, 0.25) is 5.91 Å². The molecule has 1 aliphatic carbocycles. The largest absolute Gasteiger partial charge is 0.472 e. The summed E-state index contributed by atoms with van der Waals surface area (Å²) in [5.74, 6) is -0.607. The minimum Gasteiger partial charge on any atom is -0.393 e. The van der Waals surface area contributed by atoms with E-state index in [0.29, 0.717) is 12.8 Å². The summed E-state index contributed by atoms with van der Waals surface area (Å²) in [7, 11) is -5.13. The molecule has 1 rings (SSSR count). The Morgan fingerprint density at radius 2 is 1.16 bits per heavy atom. The van der Waals surface area contributed by atoms with Gasteiger partial charge in [-0.25, -0.2) is 4.57 Å². The molecule has 8 atom stereocenters. The molecule has 0 heterocycles. The number of carbonyl (C=O) groups excluding carboxylic acids is 1. The normalized spacial score (nSPS) is 25.6. The highest BCUT2D eigenvalue weighted by Crippen LogP contribution is 2.47. The third-order valence-corrected chi connectivity index (χ3v) is 10.3. The molecule has 1 aliphatic rings. The van der Waals surface area contributed by atoms with Crippen LogP contribution < -0.4 is 5.32 Å². The van der Waals surface area contributed by atoms with Crippen LogP contribution in [0.5, 0.6) is 0 Å². The van der Waals surface area contributed by atoms with Crippen molar-refractivity contribution in [1.82, 2.24) is 5.32 Å². The van der Waals surface area contributed by atoms with Gasteiger partial charge in [0, 0.05) is 0 Å². The number of allylic oxidation sites excluding steroid dienone is 3. The van der Waals surface area contributed by atoms with Crippen molar-refractivity contribution < 1.29 is 59.0 Å². The molecule has 9 N–H and O–H groups in total. The second-order valence-corrected chi connectivity index (χ2v) is 15.4. The van der Waals surface area contributed by atoms with E-state index in [9.17, 15) is 50.0 Å². The van der Waals surface area contributed by atoms with Gasteiger partial charge in [0.25, 0.3) is 0 Å². The lowest BCUT2D eigenvalue weighted by Crippen LogP contribution is -2.64. The molecule has 0 spiro atoms. The number of carbonyl (C=O) groups is 1. The molecule has 0 bridgehead atoms. The van der Waals surface area contributed by atoms with Crippen LogP contribution in [0.15, 0.2) is 24.3 Å². The van der Waals surface area contributed by atoms with Crippen LogP contribution in [0, 0.1) is 0 Å². The summed E-state index contributed by atoms with van der Waals surface area (Å²) < 4.78 is 22.7. The highest BCUT2D eigenvalue weighted by atomic mass is 31.2. The summed E-state index contributed by atoms with van der Waals surface area (Å²) in [6, 6.07) is -1.25. The minimum atomic E-state index is -5.13. The van der Waals surface area contributed by atoms with Gasteiger partial charge in [-0.15, -0.1) is 0 Å². The van der Waals surface area contributed by atoms with E-state index in [4.69, 9.17) is 9.05 Å². The predicted octanol–water partition coefficient (Wildman–Crippen LogP) is 4.47. The highest BCUT2D eigenvalue weighted by Gasteiger charge is 2.51. The maximum absolute atomic E-state index is 12.9. The summed E-state index contributed by atoms with van der Waals surface area (Å²) in [4.78, 5) is 23.2. The lowest BCUT2D eigenvalue weighted by Gasteiger charge is -2.41. The first-order valence-corrected chi connectivity index (χ1v) is 20.9. The molecule has 1 saturated carbocycles. The molecule has 0 aromatic carbocycles. The molecule has 1 fully saturated rings. The summed E-state index contributed by atoms with van der Waals surface area (Å²) in [5, 5.41) is 73.9. The molecular formula is C37H70NO12P. The van der Waals surface area contributed by atoms with Crippen molar-refractivity contribution in [3.8, 4) is 0 Å². The van der Waals surface area contributed by atoms with Crippen LogP contribution in [0.2, 0.25) is 0 Å². The average Bonchev–Trinajstić information content (AvgIpc) is 3.09. The number of aliphatic hydroxyl groups is 7. The van der Waals surface area contributed by atoms with Gasteiger partial charge in [0.05, 0.1) is 31.3 Å². The van der Waals surface area contributed by atoms with Gasteiger partial charge in [0.1, 0.15) is 36.6 Å². The van der Waals surface area contributed by atoms with E-state index in [-0.39, 0.29) is 6.42 Å². The zero-order valence-electron chi connectivity index (χ0n) is 31.0. The van der Waals surface area contributed by atoms with Gasteiger partial charge in [-0.1, -0.05) is 128 Å². The molecule has 14 heteroatoms. The number of hydrogen-bond acceptors (Lipinski definition) is 11. The number of hydrogen-bond donors (Lipinski definition) is 9. The van der Waals surface area contributed by atoms with Gasteiger partial charge in [-0.2, -0.15) is 0 Å². The average molecular weight is 752 g/mol. The molecule has 300 valence electrons. The summed E-state index contributed by atoms with van der Waals surface area (Å²) >= 11 is 0. The quantitative estimate of drug-likeness (QED) is 0.0282. The van der Waals surface area contributed by atoms with Gasteiger partial charge in [0.15, 0.2) is 0 Å². The highest BCUT2D eigenvalue weighted by molar-refractivity contribution is 7.47. The summed E-state index contributed by atoms with van der Waals surface area (Å²) in [6.45, 7) is 3.63. The number of amides is 1. The smallest absolute Gasteiger partial charge is 0.393 e. The number of rotatable bonds is 30. The Morgan fingerprint density at radius 3 is 1.73 bits per heavy atom. The zero-order chi connectivity index (χ0) is 38.1. The molecule has 0 saturated heterocycles. The van der Waals surface area contributed by atoms with E-state index < -0.39 is 75.2 Å². The fourth-order valence-corrected chi connectivity index (χ4v) is 6.99. The molecular weight excluding hydrogens is 681 g/mol. The maximum atomic E-state index is 12.9. The molecule has 1 amide bonds. The van der Waals surface area contributed by atoms with Crippen molar-refractivity contribution in [2.45, 2.75) is 197 Å². The van der Waals surface area contributed by atoms with E-state index in [1.165, 1.54) is 70.3 Å². The fraction of sp³-hybridized carbons (Fsp3) is 0.865. The Kier molecular flexibility index (Phi) is 26.5. The second kappa shape index (κ2) is 28.3. The van der Waals surface area contributed by atoms with Crippen LogP contribution in [0.4, 0.5) is 0 Å². The SMILES string of the molecule is CCCCCC/C=C/CC/C=C/C(O)C(COP(=O)(O)OC1C(O)C(O)C(O)C(O)C1O)NC(=O)CC(O)CCCCCCCCCCCCC. The zero-order valence-corrected chi connectivity index (χ0v) is 31.9. The summed E-state index contributed by atoms with van der Waals surface area (Å²) in [6.07, 6.45) is 13.1. The Bertz CT molecular complexity index is 985. The summed E-state index contributed by atoms with van der Waals surface area (Å²) in [5.41, 5.74) is 0. The van der Waals surface area contributed by atoms with Gasteiger partial charge in [-0.3, -0.25) is 13.8 Å². The Labute approximate surface area is 305 Å². The van der Waals surface area contributed by atoms with E-state index in [1.54, 1.807) is 6.08 Å². The number of aliphatic hydroxyl groups excluding tert-OH is 7. The van der Waals surface area contributed by atoms with E-state index in [1.807, 2.05) is 0 Å². The maximum Gasteiger partial charge on any atom is 0.472 e. The van der Waals surface area contributed by atoms with Crippen LogP contribution in [0.25, 0.3) is 0 Å². The number of phosphoric ester groups is 1. The van der Waals surface area contributed by atoms with Crippen LogP contribution >= 0.6 is 7.82 Å². The van der Waals surface area contributed by atoms with Crippen molar-refractivity contribution in [2.75, 3.05) is 6.61 Å². The van der Waals surface area contributed by atoms with Crippen LogP contribution in [-0.2, 0) is 18.4 Å². The molecule has 0 aliphatic heterocycles. The first kappa shape index (κ1) is 47.8. The molecule has 13 nitrogen and oxygen atoms in total. The number of nitrogens with one attached hydrogen (secondary N) is 1. The van der Waals surface area contributed by atoms with Crippen molar-refractivity contribution in [3.05, 3.63) is 24.3 Å². The Balaban J connectivity index is 2.68. The van der Waals surface area contributed by atoms with E-state index in [0.717, 1.165) is 44.9 Å². The third-order valence-electron chi connectivity index (χ3n) is 9.29. The Hall–Kier alpha value is -1.22. The van der Waals surface area contributed by atoms with Gasteiger partial charge in [-0.05, 0) is 32.1 Å². The van der Waals surface area contributed by atoms with Crippen LogP contribution in [0.3, 0.4) is 0 Å². The number of unbranched alkanes of at least 4 members (excludes halogenated alkanes) is 15. The van der Waals surface area contributed by atoms with Crippen molar-refractivity contribution in [2.24, 2.45) is 0 Å². The monoisotopic (exact) mass is 751 g/mol. The third kappa shape index (κ3) is 21.3. The predicted molar refractivity (Wildman–Crippen MR) is 197 cm³/mol. The molecule has 0 radical (unpaired) electrons. The van der Waals surface area contributed by atoms with Crippen LogP contribution in [-0.4, -0.2) is 108 Å². The van der Waals surface area contributed by atoms with Crippen molar-refractivity contribution in [3.63, 3.8) is 0 Å². The van der Waals surface area contributed by atoms with Crippen molar-refractivity contribution in [1.29, 1.82) is 0 Å². The van der Waals surface area contributed by atoms with E-state index in [2.05, 4.69) is 31.3 Å². The molecule has 8 unspecified atom stereocenters. The fourth-order valence-electron chi connectivity index (χ4n) is 6.02. The van der Waals surface area contributed by atoms with Gasteiger partial charge < -0.3 is 46.0 Å². The van der Waals surface area contributed by atoms with E-state index >= 15 is 0 Å². The topological polar surface area (TPSA) is 226 Å². The molecule has 0 aromatic heterocycles. The standard InChI is InChI=1S/C37H70NO12P/c1-3-5-7-9-11-13-15-16-18-20-22-24-28(39)26-31(41)38-29(30(40)25-23-21-19-17-14-12-10-8-6-4-2)27-49-51(47,48)50-37-35(45)33(43)32(42)34(44)36(37)46/h14,17,23,25,28-30,32-37,39-40,42-46H,3-13,15-16,18-22,24,26-27H2,1-2H3,(H,38,41)(H,47,48)/b17-14+,25-23+. The molecule has 0 aromatic rings. The first-order valence-electron chi connectivity index (χ1n) is 19.4. The Morgan fingerprint density at radius 1 is 0.686 bits per heavy atom. The minimum absolute atomic E-state index is 0.250. The molecule has 51 heavy (non-hydrogen) atoms. The second-order valence-electron chi connectivity index (χ2n) is 14.0. The van der Waals surface area contributed by atoms with Gasteiger partial charge >= 0.3 is 7.82 Å². The van der Waals surface area contributed by atoms with Crippen LogP contribution in [0.1, 0.15) is 142 Å². The lowest BCUT2D eigenvalue weighted by atomic mass is 9.85. The lowest BCUT2D eigenvalue weighted by molar-refractivity contribution is -0.220. The first-order chi connectivity index (χ1) is 24.3. The van der Waals surface area contributed by atoms with Crippen molar-refractivity contribution >= 4 is 13.7 Å². The number of phosphoric acid groups is 1.